The Kier molecular flexibility index (Phi) is 8.72. The van der Waals surface area contributed by atoms with E-state index in [0.29, 0.717) is 34.0 Å². The largest absolute Gasteiger partial charge is 0.573 e. The molecule has 3 aromatic carbocycles. The second-order valence-electron chi connectivity index (χ2n) is 10.5. The zero-order valence-electron chi connectivity index (χ0n) is 23.0. The number of ether oxygens (including phenoxy) is 2. The maximum absolute atomic E-state index is 13.2. The molecule has 222 valence electrons. The van der Waals surface area contributed by atoms with Gasteiger partial charge in [-0.1, -0.05) is 30.3 Å². The van der Waals surface area contributed by atoms with Crippen LogP contribution < -0.4 is 10.1 Å². The Morgan fingerprint density at radius 2 is 1.67 bits per heavy atom. The number of hydrogen-bond acceptors (Lipinski definition) is 6. The lowest BCUT2D eigenvalue weighted by molar-refractivity contribution is -0.274. The number of hydrogen-bond donors (Lipinski definition) is 1. The average molecular weight is 601 g/mol. The number of sulfone groups is 1. The maximum atomic E-state index is 13.2. The number of nitrogens with zero attached hydrogens (tertiary/aromatic N) is 1. The van der Waals surface area contributed by atoms with E-state index in [1.807, 2.05) is 24.3 Å². The highest BCUT2D eigenvalue weighted by Gasteiger charge is 2.31. The predicted octanol–water partition coefficient (Wildman–Crippen LogP) is 6.06. The van der Waals surface area contributed by atoms with Crippen LogP contribution in [-0.4, -0.2) is 57.6 Å². The van der Waals surface area contributed by atoms with Crippen LogP contribution in [0.15, 0.2) is 77.2 Å². The van der Waals surface area contributed by atoms with Crippen LogP contribution in [0.3, 0.4) is 0 Å². The van der Waals surface area contributed by atoms with Crippen molar-refractivity contribution in [3.63, 3.8) is 0 Å². The summed E-state index contributed by atoms with van der Waals surface area (Å²) in [6.45, 7) is 2.33. The van der Waals surface area contributed by atoms with Gasteiger partial charge < -0.3 is 14.8 Å². The van der Waals surface area contributed by atoms with Crippen molar-refractivity contribution >= 4 is 27.5 Å². The van der Waals surface area contributed by atoms with Crippen molar-refractivity contribution in [3.8, 4) is 16.9 Å². The number of alkyl halides is 3. The summed E-state index contributed by atoms with van der Waals surface area (Å²) in [7, 11) is -1.56. The Balaban J connectivity index is 1.31. The maximum Gasteiger partial charge on any atom is 0.573 e. The molecule has 1 saturated heterocycles. The molecule has 1 fully saturated rings. The van der Waals surface area contributed by atoms with Crippen LogP contribution in [0.1, 0.15) is 30.4 Å². The average Bonchev–Trinajstić information content (AvgIpc) is 3.09. The Morgan fingerprint density at radius 1 is 1.00 bits per heavy atom. The van der Waals surface area contributed by atoms with Crippen LogP contribution in [0, 0.1) is 0 Å². The summed E-state index contributed by atoms with van der Waals surface area (Å²) >= 11 is 0. The summed E-state index contributed by atoms with van der Waals surface area (Å²) < 4.78 is 72.9. The summed E-state index contributed by atoms with van der Waals surface area (Å²) in [6, 6.07) is 18.0. The van der Waals surface area contributed by atoms with Crippen molar-refractivity contribution in [2.75, 3.05) is 31.3 Å². The molecule has 0 atom stereocenters. The molecule has 0 aliphatic carbocycles. The van der Waals surface area contributed by atoms with Crippen LogP contribution in [0.5, 0.6) is 5.75 Å². The fourth-order valence-electron chi connectivity index (χ4n) is 5.21. The van der Waals surface area contributed by atoms with Crippen molar-refractivity contribution < 1.29 is 35.9 Å². The van der Waals surface area contributed by atoms with Gasteiger partial charge in [0.15, 0.2) is 9.84 Å². The smallest absolute Gasteiger partial charge is 0.406 e. The van der Waals surface area contributed by atoms with E-state index in [2.05, 4.69) is 22.0 Å². The van der Waals surface area contributed by atoms with E-state index in [4.69, 9.17) is 4.74 Å². The molecule has 1 amide bonds. The summed E-state index contributed by atoms with van der Waals surface area (Å²) in [6.07, 6.45) is -1.19. The number of fused-ring (bicyclic) bond motifs is 1. The second-order valence-corrected chi connectivity index (χ2v) is 12.6. The number of amides is 1. The van der Waals surface area contributed by atoms with E-state index in [1.165, 1.54) is 30.3 Å². The van der Waals surface area contributed by atoms with E-state index in [-0.39, 0.29) is 22.8 Å². The monoisotopic (exact) mass is 600 g/mol. The molecule has 2 heterocycles. The molecule has 0 radical (unpaired) electrons. The minimum Gasteiger partial charge on any atom is -0.406 e. The van der Waals surface area contributed by atoms with Gasteiger partial charge in [-0.2, -0.15) is 0 Å². The summed E-state index contributed by atoms with van der Waals surface area (Å²) in [5.74, 6) is -0.981. The minimum atomic E-state index is -4.80. The topological polar surface area (TPSA) is 84.9 Å². The molecule has 0 aromatic heterocycles. The van der Waals surface area contributed by atoms with E-state index in [1.54, 1.807) is 18.2 Å². The van der Waals surface area contributed by atoms with E-state index in [9.17, 15) is 26.4 Å². The number of halogens is 3. The number of carbonyl (C=O) groups is 1. The van der Waals surface area contributed by atoms with Crippen LogP contribution in [0.4, 0.5) is 18.9 Å². The Bertz CT molecular complexity index is 1560. The summed E-state index contributed by atoms with van der Waals surface area (Å²) in [5.41, 5.74) is 3.52. The summed E-state index contributed by atoms with van der Waals surface area (Å²) in [5, 5.41) is 2.87. The fourth-order valence-corrected chi connectivity index (χ4v) is 6.68. The highest BCUT2D eigenvalue weighted by molar-refractivity contribution is 7.91. The molecule has 7 nitrogen and oxygen atoms in total. The molecule has 42 heavy (non-hydrogen) atoms. The van der Waals surface area contributed by atoms with Gasteiger partial charge in [-0.05, 0) is 91.0 Å². The molecule has 0 saturated carbocycles. The molecule has 0 spiro atoms. The van der Waals surface area contributed by atoms with Crippen LogP contribution in [0.2, 0.25) is 0 Å². The number of benzene rings is 3. The fraction of sp³-hybridized carbons (Fsp3) is 0.323. The first-order chi connectivity index (χ1) is 20.0. The van der Waals surface area contributed by atoms with E-state index in [0.717, 1.165) is 38.2 Å². The molecule has 5 rings (SSSR count). The lowest BCUT2D eigenvalue weighted by Gasteiger charge is -2.31. The quantitative estimate of drug-likeness (QED) is 0.355. The number of rotatable bonds is 7. The number of nitrogens with one attached hydrogen (secondary N) is 1. The van der Waals surface area contributed by atoms with Crippen LogP contribution in [-0.2, 0) is 25.9 Å². The zero-order chi connectivity index (χ0) is 29.9. The molecule has 0 bridgehead atoms. The van der Waals surface area contributed by atoms with Crippen molar-refractivity contribution in [3.05, 3.63) is 83.4 Å². The van der Waals surface area contributed by atoms with Gasteiger partial charge in [0.1, 0.15) is 5.75 Å². The van der Waals surface area contributed by atoms with Gasteiger partial charge in [0, 0.05) is 37.1 Å². The molecular weight excluding hydrogens is 569 g/mol. The normalized spacial score (nSPS) is 17.2. The van der Waals surface area contributed by atoms with Crippen molar-refractivity contribution in [1.29, 1.82) is 0 Å². The summed E-state index contributed by atoms with van der Waals surface area (Å²) in [4.78, 5) is 15.6. The third kappa shape index (κ3) is 7.39. The lowest BCUT2D eigenvalue weighted by atomic mass is 10.0. The van der Waals surface area contributed by atoms with E-state index >= 15 is 0 Å². The van der Waals surface area contributed by atoms with Gasteiger partial charge in [0.25, 0.3) is 5.91 Å². The molecule has 11 heteroatoms. The van der Waals surface area contributed by atoms with Crippen LogP contribution in [0.25, 0.3) is 17.2 Å². The second kappa shape index (κ2) is 12.3. The van der Waals surface area contributed by atoms with Gasteiger partial charge in [0.05, 0.1) is 10.6 Å². The molecule has 2 aliphatic heterocycles. The lowest BCUT2D eigenvalue weighted by Crippen LogP contribution is -2.36. The Morgan fingerprint density at radius 3 is 2.33 bits per heavy atom. The van der Waals surface area contributed by atoms with Gasteiger partial charge in [0.2, 0.25) is 0 Å². The van der Waals surface area contributed by atoms with E-state index < -0.39 is 22.1 Å². The third-order valence-electron chi connectivity index (χ3n) is 7.49. The first-order valence-corrected chi connectivity index (χ1v) is 15.2. The highest BCUT2D eigenvalue weighted by Crippen LogP contribution is 2.32. The molecule has 0 unspecified atom stereocenters. The number of carbonyl (C=O) groups excluding carboxylic acids is 1. The Hall–Kier alpha value is -3.67. The first kappa shape index (κ1) is 29.8. The molecule has 1 N–H and O–H groups in total. The highest BCUT2D eigenvalue weighted by atomic mass is 32.2. The standard InChI is InChI=1S/C31H31F3N2O5S/c1-36(27-12-15-40-16-13-27)20-21-2-7-26(8-3-21)35-30(37)24-14-17-42(38,39)29-11-6-23(18-25(29)19-24)22-4-9-28(10-5-22)41-31(32,33)34/h2-11,18-19,27H,12-17,20H2,1H3,(H,35,37). The Labute approximate surface area is 242 Å². The SMILES string of the molecule is CN(Cc1ccc(NC(=O)C2=Cc3cc(-c4ccc(OC(F)(F)F)cc4)ccc3S(=O)(=O)CC2)cc1)C1CCOCC1. The molecule has 2 aliphatic rings. The van der Waals surface area contributed by atoms with Gasteiger partial charge in [-0.3, -0.25) is 9.69 Å². The van der Waals surface area contributed by atoms with Crippen molar-refractivity contribution in [2.45, 2.75) is 43.1 Å². The van der Waals surface area contributed by atoms with Crippen molar-refractivity contribution in [2.24, 2.45) is 0 Å². The van der Waals surface area contributed by atoms with Crippen molar-refractivity contribution in [1.82, 2.24) is 4.90 Å². The predicted molar refractivity (Wildman–Crippen MR) is 154 cm³/mol. The zero-order valence-corrected chi connectivity index (χ0v) is 23.8. The molecule has 3 aromatic rings. The minimum absolute atomic E-state index is 0.0373. The molecular formula is C31H31F3N2O5S. The van der Waals surface area contributed by atoms with Gasteiger partial charge >= 0.3 is 6.36 Å². The first-order valence-electron chi connectivity index (χ1n) is 13.6. The van der Waals surface area contributed by atoms with Crippen LogP contribution >= 0.6 is 0 Å². The van der Waals surface area contributed by atoms with Gasteiger partial charge in [-0.25, -0.2) is 8.42 Å². The third-order valence-corrected chi connectivity index (χ3v) is 9.27. The number of anilines is 1. The van der Waals surface area contributed by atoms with Gasteiger partial charge in [-0.15, -0.1) is 13.2 Å².